The number of benzene rings is 1. The lowest BCUT2D eigenvalue weighted by Crippen LogP contribution is -2.32. The normalized spacial score (nSPS) is 13.4. The number of thiazole rings is 1. The highest BCUT2D eigenvalue weighted by molar-refractivity contribution is 7.13. The van der Waals surface area contributed by atoms with E-state index in [4.69, 9.17) is 4.84 Å². The zero-order chi connectivity index (χ0) is 15.7. The largest absolute Gasteiger partial charge is 0.375 e. The molecule has 0 atom stereocenters. The Bertz CT molecular complexity index is 733. The predicted octanol–water partition coefficient (Wildman–Crippen LogP) is 2.46. The van der Waals surface area contributed by atoms with Gasteiger partial charge in [0.1, 0.15) is 4.88 Å². The summed E-state index contributed by atoms with van der Waals surface area (Å²) in [6.45, 7) is 2.01. The van der Waals surface area contributed by atoms with E-state index in [1.165, 1.54) is 29.7 Å². The number of rotatable bonds is 4. The quantitative estimate of drug-likeness (QED) is 0.810. The van der Waals surface area contributed by atoms with Crippen molar-refractivity contribution in [2.75, 3.05) is 0 Å². The smallest absolute Gasteiger partial charge is 0.323 e. The number of hydrogen-bond acceptors (Lipinski definition) is 6. The monoisotopic (exact) mass is 316 g/mol. The standard InChI is InChI=1S/C15H12N2O4S/c1-2-5-12-16-8-11(22-12)15(20)21-17-13(18)9-6-3-4-7-10(9)14(17)19/h3-4,6-8H,2,5H2,1H3. The van der Waals surface area contributed by atoms with Crippen molar-refractivity contribution in [1.29, 1.82) is 0 Å². The second kappa shape index (κ2) is 5.69. The summed E-state index contributed by atoms with van der Waals surface area (Å²) in [5.41, 5.74) is 0.465. The lowest BCUT2D eigenvalue weighted by atomic mass is 10.1. The average molecular weight is 316 g/mol. The molecular formula is C15H12N2O4S. The number of carbonyl (C=O) groups excluding carboxylic acids is 3. The fraction of sp³-hybridized carbons (Fsp3) is 0.200. The third-order valence-corrected chi connectivity index (χ3v) is 4.19. The number of amides is 2. The number of imide groups is 1. The number of aryl methyl sites for hydroxylation is 1. The van der Waals surface area contributed by atoms with Gasteiger partial charge in [-0.15, -0.1) is 11.3 Å². The molecule has 6 nitrogen and oxygen atoms in total. The Kier molecular flexibility index (Phi) is 3.72. The van der Waals surface area contributed by atoms with E-state index in [0.29, 0.717) is 5.06 Å². The number of hydroxylamine groups is 2. The van der Waals surface area contributed by atoms with Crippen molar-refractivity contribution in [3.8, 4) is 0 Å². The number of hydrogen-bond donors (Lipinski definition) is 0. The maximum absolute atomic E-state index is 12.1. The minimum atomic E-state index is -0.755. The van der Waals surface area contributed by atoms with Gasteiger partial charge in [-0.3, -0.25) is 9.59 Å². The number of carbonyl (C=O) groups is 3. The van der Waals surface area contributed by atoms with Gasteiger partial charge in [0.25, 0.3) is 11.8 Å². The fourth-order valence-corrected chi connectivity index (χ4v) is 3.00. The Balaban J connectivity index is 1.77. The maximum Gasteiger partial charge on any atom is 0.375 e. The summed E-state index contributed by atoms with van der Waals surface area (Å²) < 4.78 is 0. The molecule has 0 radical (unpaired) electrons. The van der Waals surface area contributed by atoms with E-state index in [9.17, 15) is 14.4 Å². The van der Waals surface area contributed by atoms with Gasteiger partial charge in [-0.1, -0.05) is 24.1 Å². The van der Waals surface area contributed by atoms with Crippen LogP contribution in [0.3, 0.4) is 0 Å². The third-order valence-electron chi connectivity index (χ3n) is 3.15. The molecule has 112 valence electrons. The Morgan fingerprint density at radius 1 is 1.23 bits per heavy atom. The van der Waals surface area contributed by atoms with Crippen LogP contribution in [0.2, 0.25) is 0 Å². The van der Waals surface area contributed by atoms with Crippen LogP contribution in [0, 0.1) is 0 Å². The first-order valence-corrected chi connectivity index (χ1v) is 7.58. The van der Waals surface area contributed by atoms with Gasteiger partial charge in [-0.05, 0) is 25.0 Å². The van der Waals surface area contributed by atoms with Crippen molar-refractivity contribution in [2.24, 2.45) is 0 Å². The molecule has 3 rings (SSSR count). The van der Waals surface area contributed by atoms with E-state index >= 15 is 0 Å². The summed E-state index contributed by atoms with van der Waals surface area (Å²) in [5, 5.41) is 1.32. The molecule has 0 fully saturated rings. The molecule has 1 aromatic carbocycles. The zero-order valence-electron chi connectivity index (χ0n) is 11.7. The molecule has 1 aliphatic heterocycles. The number of nitrogens with zero attached hydrogens (tertiary/aromatic N) is 2. The summed E-state index contributed by atoms with van der Waals surface area (Å²) in [7, 11) is 0. The lowest BCUT2D eigenvalue weighted by Gasteiger charge is -2.11. The van der Waals surface area contributed by atoms with E-state index in [-0.39, 0.29) is 16.0 Å². The fourth-order valence-electron chi connectivity index (χ4n) is 2.11. The van der Waals surface area contributed by atoms with Crippen LogP contribution in [0.25, 0.3) is 0 Å². The highest BCUT2D eigenvalue weighted by Crippen LogP contribution is 2.24. The van der Waals surface area contributed by atoms with Crippen LogP contribution in [-0.4, -0.2) is 27.8 Å². The number of fused-ring (bicyclic) bond motifs is 1. The molecule has 0 saturated carbocycles. The zero-order valence-corrected chi connectivity index (χ0v) is 12.6. The Morgan fingerprint density at radius 2 is 1.86 bits per heavy atom. The highest BCUT2D eigenvalue weighted by Gasteiger charge is 2.39. The summed E-state index contributed by atoms with van der Waals surface area (Å²) in [5.74, 6) is -2.02. The van der Waals surface area contributed by atoms with E-state index < -0.39 is 17.8 Å². The molecule has 0 bridgehead atoms. The summed E-state index contributed by atoms with van der Waals surface area (Å²) >= 11 is 1.20. The summed E-state index contributed by atoms with van der Waals surface area (Å²) in [6, 6.07) is 6.34. The van der Waals surface area contributed by atoms with Crippen LogP contribution in [-0.2, 0) is 11.3 Å². The topological polar surface area (TPSA) is 76.6 Å². The number of aromatic nitrogens is 1. The highest BCUT2D eigenvalue weighted by atomic mass is 32.1. The molecule has 0 aliphatic carbocycles. The molecule has 0 saturated heterocycles. The second-order valence-corrected chi connectivity index (χ2v) is 5.81. The van der Waals surface area contributed by atoms with Crippen LogP contribution in [0.15, 0.2) is 30.5 Å². The molecule has 2 amide bonds. The second-order valence-electron chi connectivity index (χ2n) is 4.70. The molecule has 1 aromatic heterocycles. The van der Waals surface area contributed by atoms with Gasteiger partial charge in [0.05, 0.1) is 22.3 Å². The first-order chi connectivity index (χ1) is 10.6. The van der Waals surface area contributed by atoms with E-state index in [2.05, 4.69) is 4.98 Å². The Hall–Kier alpha value is -2.54. The van der Waals surface area contributed by atoms with E-state index in [0.717, 1.165) is 17.8 Å². The molecule has 22 heavy (non-hydrogen) atoms. The molecular weight excluding hydrogens is 304 g/mol. The SMILES string of the molecule is CCCc1ncc(C(=O)ON2C(=O)c3ccccc3C2=O)s1. The van der Waals surface area contributed by atoms with Crippen molar-refractivity contribution in [1.82, 2.24) is 10.0 Å². The molecule has 7 heteroatoms. The minimum absolute atomic E-state index is 0.233. The molecule has 0 unspecified atom stereocenters. The van der Waals surface area contributed by atoms with Crippen LogP contribution in [0.1, 0.15) is 48.7 Å². The lowest BCUT2D eigenvalue weighted by molar-refractivity contribution is -0.0581. The van der Waals surface area contributed by atoms with Crippen LogP contribution in [0.4, 0.5) is 0 Å². The minimum Gasteiger partial charge on any atom is -0.323 e. The van der Waals surface area contributed by atoms with Crippen LogP contribution in [0.5, 0.6) is 0 Å². The molecule has 2 heterocycles. The third kappa shape index (κ3) is 2.39. The molecule has 2 aromatic rings. The van der Waals surface area contributed by atoms with E-state index in [1.54, 1.807) is 12.1 Å². The Labute approximate surface area is 130 Å². The van der Waals surface area contributed by atoms with Gasteiger partial charge in [-0.2, -0.15) is 0 Å². The van der Waals surface area contributed by atoms with Crippen molar-refractivity contribution >= 4 is 29.1 Å². The molecule has 0 spiro atoms. The summed E-state index contributed by atoms with van der Waals surface area (Å²) in [4.78, 5) is 45.6. The van der Waals surface area contributed by atoms with Gasteiger partial charge < -0.3 is 4.84 Å². The van der Waals surface area contributed by atoms with Crippen LogP contribution < -0.4 is 0 Å². The van der Waals surface area contributed by atoms with Gasteiger partial charge in [0.15, 0.2) is 0 Å². The first kappa shape index (κ1) is 14.4. The van der Waals surface area contributed by atoms with Gasteiger partial charge in [-0.25, -0.2) is 9.78 Å². The summed E-state index contributed by atoms with van der Waals surface area (Å²) in [6.07, 6.45) is 3.08. The average Bonchev–Trinajstić information content (AvgIpc) is 3.08. The predicted molar refractivity (Wildman–Crippen MR) is 78.5 cm³/mol. The molecule has 0 N–H and O–H groups in total. The van der Waals surface area contributed by atoms with E-state index in [1.807, 2.05) is 6.92 Å². The van der Waals surface area contributed by atoms with Crippen LogP contribution >= 0.6 is 11.3 Å². The Morgan fingerprint density at radius 3 is 2.45 bits per heavy atom. The maximum atomic E-state index is 12.1. The van der Waals surface area contributed by atoms with Gasteiger partial charge in [0.2, 0.25) is 0 Å². The van der Waals surface area contributed by atoms with Crippen molar-refractivity contribution < 1.29 is 19.2 Å². The van der Waals surface area contributed by atoms with Gasteiger partial charge >= 0.3 is 5.97 Å². The first-order valence-electron chi connectivity index (χ1n) is 6.76. The van der Waals surface area contributed by atoms with Crippen molar-refractivity contribution in [3.63, 3.8) is 0 Å². The van der Waals surface area contributed by atoms with Crippen molar-refractivity contribution in [2.45, 2.75) is 19.8 Å². The van der Waals surface area contributed by atoms with Crippen molar-refractivity contribution in [3.05, 3.63) is 51.5 Å². The molecule has 1 aliphatic rings. The van der Waals surface area contributed by atoms with Gasteiger partial charge in [0, 0.05) is 0 Å².